The van der Waals surface area contributed by atoms with Crippen molar-refractivity contribution in [1.82, 2.24) is 0 Å². The van der Waals surface area contributed by atoms with Gasteiger partial charge in [-0.1, -0.05) is 56.3 Å². The minimum absolute atomic E-state index is 0.0336. The number of ketones is 1. The average Bonchev–Trinajstić information content (AvgIpc) is 2.49. The smallest absolute Gasteiger partial charge is 0.198 e. The third-order valence-corrected chi connectivity index (χ3v) is 3.97. The second kappa shape index (κ2) is 9.36. The lowest BCUT2D eigenvalue weighted by molar-refractivity contribution is 0.103. The second-order valence-corrected chi connectivity index (χ2v) is 6.60. The molecule has 0 aliphatic heterocycles. The summed E-state index contributed by atoms with van der Waals surface area (Å²) in [7, 11) is 0. The van der Waals surface area contributed by atoms with Crippen molar-refractivity contribution in [3.63, 3.8) is 0 Å². The first kappa shape index (κ1) is 16.5. The summed E-state index contributed by atoms with van der Waals surface area (Å²) in [6, 6.07) is 16.2. The van der Waals surface area contributed by atoms with Gasteiger partial charge in [-0.05, 0) is 12.1 Å². The zero-order valence-electron chi connectivity index (χ0n) is 12.2. The third kappa shape index (κ3) is 5.21. The highest BCUT2D eigenvalue weighted by atomic mass is 27.1. The van der Waals surface area contributed by atoms with Crippen molar-refractivity contribution in [3.05, 3.63) is 65.7 Å². The van der Waals surface area contributed by atoms with Crippen molar-refractivity contribution in [2.24, 2.45) is 0 Å². The molecular formula is C17H21AlNO. The summed E-state index contributed by atoms with van der Waals surface area (Å²) < 4.78 is 0. The van der Waals surface area contributed by atoms with Gasteiger partial charge in [-0.3, -0.25) is 4.79 Å². The first-order valence-corrected chi connectivity index (χ1v) is 8.59. The Kier molecular flexibility index (Phi) is 7.72. The van der Waals surface area contributed by atoms with Crippen molar-refractivity contribution in [3.8, 4) is 0 Å². The van der Waals surface area contributed by atoms with E-state index in [2.05, 4.69) is 13.8 Å². The van der Waals surface area contributed by atoms with Crippen molar-refractivity contribution in [1.29, 1.82) is 0 Å². The van der Waals surface area contributed by atoms with Crippen LogP contribution in [-0.2, 0) is 0 Å². The summed E-state index contributed by atoms with van der Waals surface area (Å²) in [6.07, 6.45) is 0. The van der Waals surface area contributed by atoms with Crippen LogP contribution in [-0.4, -0.2) is 21.0 Å². The maximum Gasteiger partial charge on any atom is 0.198 e. The number of nitrogens with two attached hydrogens (primary N) is 1. The Morgan fingerprint density at radius 3 is 2.00 bits per heavy atom. The van der Waals surface area contributed by atoms with E-state index in [0.717, 1.165) is 15.2 Å². The van der Waals surface area contributed by atoms with E-state index in [1.165, 1.54) is 10.6 Å². The van der Waals surface area contributed by atoms with Gasteiger partial charge >= 0.3 is 0 Å². The van der Waals surface area contributed by atoms with Gasteiger partial charge in [0.1, 0.15) is 0 Å². The Labute approximate surface area is 127 Å². The monoisotopic (exact) mass is 282 g/mol. The minimum Gasteiger partial charge on any atom is -0.398 e. The fourth-order valence-corrected chi connectivity index (χ4v) is 2.31. The lowest BCUT2D eigenvalue weighted by atomic mass is 10.0. The molecule has 0 atom stereocenters. The van der Waals surface area contributed by atoms with Crippen LogP contribution in [0.2, 0.25) is 10.6 Å². The van der Waals surface area contributed by atoms with Crippen LogP contribution < -0.4 is 5.73 Å². The Balaban J connectivity index is 0.000000347. The molecule has 2 N–H and O–H groups in total. The molecule has 0 amide bonds. The minimum atomic E-state index is -0.0336. The van der Waals surface area contributed by atoms with Crippen LogP contribution in [0, 0.1) is 0 Å². The van der Waals surface area contributed by atoms with Gasteiger partial charge in [0.05, 0.1) is 0 Å². The van der Waals surface area contributed by atoms with Crippen molar-refractivity contribution >= 4 is 26.7 Å². The van der Waals surface area contributed by atoms with Gasteiger partial charge < -0.3 is 5.73 Å². The molecule has 2 aromatic rings. The van der Waals surface area contributed by atoms with E-state index in [-0.39, 0.29) is 5.78 Å². The van der Waals surface area contributed by atoms with E-state index in [4.69, 9.17) is 5.73 Å². The number of rotatable bonds is 4. The van der Waals surface area contributed by atoms with Crippen LogP contribution in [0.3, 0.4) is 0 Å². The molecule has 2 aromatic carbocycles. The number of benzene rings is 2. The summed E-state index contributed by atoms with van der Waals surface area (Å²) in [4.78, 5) is 12.0. The maximum atomic E-state index is 12.0. The van der Waals surface area contributed by atoms with Crippen molar-refractivity contribution < 1.29 is 4.79 Å². The van der Waals surface area contributed by atoms with Crippen LogP contribution in [0.5, 0.6) is 0 Å². The summed E-state index contributed by atoms with van der Waals surface area (Å²) in [5.41, 5.74) is 7.48. The van der Waals surface area contributed by atoms with E-state index in [1.54, 1.807) is 24.3 Å². The molecule has 0 aliphatic rings. The molecule has 0 aromatic heterocycles. The van der Waals surface area contributed by atoms with E-state index in [9.17, 15) is 4.79 Å². The molecule has 2 nitrogen and oxygen atoms in total. The maximum absolute atomic E-state index is 12.0. The SMILES string of the molecule is C[CH2][Al][CH2]C.Nc1ccccc1C(=O)c1ccccc1. The normalized spacial score (nSPS) is 9.30. The molecule has 0 fully saturated rings. The highest BCUT2D eigenvalue weighted by molar-refractivity contribution is 6.34. The number of hydrogen-bond acceptors (Lipinski definition) is 2. The first-order valence-electron chi connectivity index (χ1n) is 6.96. The average molecular weight is 282 g/mol. The Morgan fingerprint density at radius 2 is 1.50 bits per heavy atom. The van der Waals surface area contributed by atoms with Gasteiger partial charge in [-0.2, -0.15) is 0 Å². The Bertz CT molecular complexity index is 524. The van der Waals surface area contributed by atoms with Gasteiger partial charge in [0.15, 0.2) is 21.0 Å². The number of carbonyl (C=O) groups excluding carboxylic acids is 1. The van der Waals surface area contributed by atoms with Gasteiger partial charge in [0, 0.05) is 16.8 Å². The zero-order chi connectivity index (χ0) is 14.8. The molecule has 0 unspecified atom stereocenters. The van der Waals surface area contributed by atoms with E-state index >= 15 is 0 Å². The summed E-state index contributed by atoms with van der Waals surface area (Å²) in [5.74, 6) is -0.0336. The van der Waals surface area contributed by atoms with Crippen LogP contribution in [0.1, 0.15) is 29.8 Å². The molecular weight excluding hydrogens is 261 g/mol. The van der Waals surface area contributed by atoms with Gasteiger partial charge in [0.25, 0.3) is 0 Å². The standard InChI is InChI=1S/C13H11NO.2C2H5.Al/c14-12-9-5-4-8-11(12)13(15)10-6-2-1-3-7-10;2*1-2;/h1-9H,14H2;2*1H2,2H3;. The van der Waals surface area contributed by atoms with E-state index in [1.807, 2.05) is 30.3 Å². The van der Waals surface area contributed by atoms with Crippen LogP contribution in [0.15, 0.2) is 54.6 Å². The highest BCUT2D eigenvalue weighted by Gasteiger charge is 2.10. The molecule has 2 rings (SSSR count). The number of nitrogen functional groups attached to an aromatic ring is 1. The van der Waals surface area contributed by atoms with Crippen LogP contribution in [0.4, 0.5) is 5.69 Å². The molecule has 0 saturated carbocycles. The predicted molar refractivity (Wildman–Crippen MR) is 87.4 cm³/mol. The lowest BCUT2D eigenvalue weighted by Crippen LogP contribution is -2.04. The van der Waals surface area contributed by atoms with Crippen molar-refractivity contribution in [2.75, 3.05) is 5.73 Å². The zero-order valence-corrected chi connectivity index (χ0v) is 13.3. The first-order chi connectivity index (χ1) is 9.70. The molecule has 0 aliphatic carbocycles. The highest BCUT2D eigenvalue weighted by Crippen LogP contribution is 2.15. The van der Waals surface area contributed by atoms with E-state index in [0.29, 0.717) is 16.8 Å². The molecule has 0 heterocycles. The largest absolute Gasteiger partial charge is 0.398 e. The fraction of sp³-hybridized carbons (Fsp3) is 0.235. The lowest BCUT2D eigenvalue weighted by Gasteiger charge is -2.03. The quantitative estimate of drug-likeness (QED) is 0.522. The van der Waals surface area contributed by atoms with E-state index < -0.39 is 0 Å². The summed E-state index contributed by atoms with van der Waals surface area (Å²) in [5, 5.41) is 2.85. The molecule has 103 valence electrons. The summed E-state index contributed by atoms with van der Waals surface area (Å²) >= 11 is 0.815. The molecule has 0 bridgehead atoms. The van der Waals surface area contributed by atoms with Gasteiger partial charge in [-0.25, -0.2) is 0 Å². The van der Waals surface area contributed by atoms with Gasteiger partial charge in [0.2, 0.25) is 0 Å². The van der Waals surface area contributed by atoms with Crippen LogP contribution >= 0.6 is 0 Å². The number of anilines is 1. The second-order valence-electron chi connectivity index (χ2n) is 4.39. The number of para-hydroxylation sites is 1. The van der Waals surface area contributed by atoms with Crippen LogP contribution in [0.25, 0.3) is 0 Å². The number of hydrogen-bond donors (Lipinski definition) is 1. The summed E-state index contributed by atoms with van der Waals surface area (Å²) in [6.45, 7) is 4.50. The molecule has 3 heteroatoms. The van der Waals surface area contributed by atoms with Gasteiger partial charge in [-0.15, -0.1) is 10.6 Å². The molecule has 20 heavy (non-hydrogen) atoms. The predicted octanol–water partition coefficient (Wildman–Crippen LogP) is 4.07. The Morgan fingerprint density at radius 1 is 0.950 bits per heavy atom. The molecule has 0 saturated heterocycles. The Hall–Kier alpha value is -1.56. The molecule has 0 spiro atoms. The topological polar surface area (TPSA) is 43.1 Å². The fourth-order valence-electron chi connectivity index (χ4n) is 1.74. The molecule has 1 radical (unpaired) electrons. The number of carbonyl (C=O) groups is 1. The third-order valence-electron chi connectivity index (χ3n) is 2.82. The van der Waals surface area contributed by atoms with Crippen molar-refractivity contribution in [2.45, 2.75) is 24.4 Å².